The Morgan fingerprint density at radius 2 is 2.25 bits per heavy atom. The van der Waals surface area contributed by atoms with Crippen LogP contribution in [0.25, 0.3) is 11.0 Å². The summed E-state index contributed by atoms with van der Waals surface area (Å²) < 4.78 is 18.9. The highest BCUT2D eigenvalue weighted by atomic mass is 19.1. The second-order valence-electron chi connectivity index (χ2n) is 4.01. The predicted octanol–water partition coefficient (Wildman–Crippen LogP) is 2.97. The van der Waals surface area contributed by atoms with Gasteiger partial charge in [0.2, 0.25) is 0 Å². The van der Waals surface area contributed by atoms with Gasteiger partial charge in [0.05, 0.1) is 5.52 Å². The summed E-state index contributed by atoms with van der Waals surface area (Å²) in [5.74, 6) is 0.354. The fourth-order valence-electron chi connectivity index (χ4n) is 1.66. The molecule has 2 aromatic rings. The van der Waals surface area contributed by atoms with Crippen molar-refractivity contribution in [3.05, 3.63) is 29.8 Å². The summed E-state index contributed by atoms with van der Waals surface area (Å²) in [7, 11) is 1.63. The lowest BCUT2D eigenvalue weighted by atomic mass is 10.0. The number of hydrogen-bond donors (Lipinski definition) is 1. The molecule has 0 radical (unpaired) electrons. The molecule has 0 aliphatic heterocycles. The summed E-state index contributed by atoms with van der Waals surface area (Å²) in [6, 6.07) is 4.87. The van der Waals surface area contributed by atoms with Crippen molar-refractivity contribution < 1.29 is 9.13 Å². The minimum Gasteiger partial charge on any atom is -0.371 e. The van der Waals surface area contributed by atoms with Gasteiger partial charge in [0.25, 0.3) is 0 Å². The third-order valence-corrected chi connectivity index (χ3v) is 3.09. The van der Waals surface area contributed by atoms with Crippen LogP contribution < -0.4 is 0 Å². The molecule has 16 heavy (non-hydrogen) atoms. The molecule has 1 atom stereocenters. The predicted molar refractivity (Wildman–Crippen MR) is 60.7 cm³/mol. The van der Waals surface area contributed by atoms with Crippen LogP contribution in [0, 0.1) is 5.82 Å². The third-order valence-electron chi connectivity index (χ3n) is 3.09. The summed E-state index contributed by atoms with van der Waals surface area (Å²) in [5, 5.41) is 0. The summed E-state index contributed by atoms with van der Waals surface area (Å²) in [5.41, 5.74) is 0.576. The zero-order chi connectivity index (χ0) is 11.8. The minimum absolute atomic E-state index is 0.311. The molecule has 0 aliphatic rings. The smallest absolute Gasteiger partial charge is 0.151 e. The Morgan fingerprint density at radius 3 is 2.81 bits per heavy atom. The molecule has 0 saturated heterocycles. The minimum atomic E-state index is -0.495. The maximum Gasteiger partial charge on any atom is 0.151 e. The number of halogens is 1. The molecular weight excluding hydrogens is 207 g/mol. The van der Waals surface area contributed by atoms with E-state index in [1.54, 1.807) is 19.2 Å². The van der Waals surface area contributed by atoms with Gasteiger partial charge in [0, 0.05) is 7.11 Å². The van der Waals surface area contributed by atoms with E-state index in [-0.39, 0.29) is 5.82 Å². The van der Waals surface area contributed by atoms with Crippen LogP contribution in [0.15, 0.2) is 18.2 Å². The van der Waals surface area contributed by atoms with E-state index >= 15 is 0 Å². The topological polar surface area (TPSA) is 37.9 Å². The maximum atomic E-state index is 13.5. The van der Waals surface area contributed by atoms with Crippen LogP contribution in [0.2, 0.25) is 0 Å². The van der Waals surface area contributed by atoms with Gasteiger partial charge in [-0.2, -0.15) is 0 Å². The largest absolute Gasteiger partial charge is 0.371 e. The third kappa shape index (κ3) is 1.59. The average Bonchev–Trinajstić information content (AvgIpc) is 2.74. The van der Waals surface area contributed by atoms with Crippen LogP contribution >= 0.6 is 0 Å². The highest BCUT2D eigenvalue weighted by Gasteiger charge is 2.28. The monoisotopic (exact) mass is 222 g/mol. The Morgan fingerprint density at radius 1 is 1.50 bits per heavy atom. The van der Waals surface area contributed by atoms with Crippen molar-refractivity contribution in [3.63, 3.8) is 0 Å². The van der Waals surface area contributed by atoms with Crippen LogP contribution in [-0.2, 0) is 10.3 Å². The Bertz CT molecular complexity index is 503. The van der Waals surface area contributed by atoms with Gasteiger partial charge < -0.3 is 9.72 Å². The first-order chi connectivity index (χ1) is 7.60. The number of nitrogens with one attached hydrogen (secondary N) is 1. The summed E-state index contributed by atoms with van der Waals surface area (Å²) >= 11 is 0. The van der Waals surface area contributed by atoms with Gasteiger partial charge in [0.1, 0.15) is 16.9 Å². The number of imidazole rings is 1. The lowest BCUT2D eigenvalue weighted by molar-refractivity contribution is -0.00804. The van der Waals surface area contributed by atoms with Crippen LogP contribution in [0.4, 0.5) is 4.39 Å². The van der Waals surface area contributed by atoms with Gasteiger partial charge in [0.15, 0.2) is 5.82 Å². The number of H-pyrrole nitrogens is 1. The number of hydrogen-bond acceptors (Lipinski definition) is 2. The molecule has 0 saturated carbocycles. The van der Waals surface area contributed by atoms with Crippen molar-refractivity contribution in [2.24, 2.45) is 0 Å². The molecule has 86 valence electrons. The second-order valence-corrected chi connectivity index (χ2v) is 4.01. The number of aromatic nitrogens is 2. The van der Waals surface area contributed by atoms with Gasteiger partial charge in [-0.25, -0.2) is 9.37 Å². The quantitative estimate of drug-likeness (QED) is 0.866. The van der Waals surface area contributed by atoms with Crippen molar-refractivity contribution in [1.29, 1.82) is 0 Å². The summed E-state index contributed by atoms with van der Waals surface area (Å²) in [6.07, 6.45) is 0.769. The zero-order valence-electron chi connectivity index (χ0n) is 9.67. The highest BCUT2D eigenvalue weighted by Crippen LogP contribution is 2.28. The molecule has 0 amide bonds. The number of methoxy groups -OCH3 is 1. The average molecular weight is 222 g/mol. The van der Waals surface area contributed by atoms with Crippen molar-refractivity contribution in [3.8, 4) is 0 Å². The van der Waals surface area contributed by atoms with Crippen molar-refractivity contribution >= 4 is 11.0 Å². The van der Waals surface area contributed by atoms with Crippen LogP contribution in [0.5, 0.6) is 0 Å². The van der Waals surface area contributed by atoms with E-state index < -0.39 is 5.60 Å². The van der Waals surface area contributed by atoms with Crippen molar-refractivity contribution in [1.82, 2.24) is 9.97 Å². The lowest BCUT2D eigenvalue weighted by Gasteiger charge is -2.23. The number of fused-ring (bicyclic) bond motifs is 1. The van der Waals surface area contributed by atoms with Crippen LogP contribution in [0.3, 0.4) is 0 Å². The SMILES string of the molecule is CCC(C)(OC)c1nc2c(F)cccc2[nH]1. The number of benzene rings is 1. The molecule has 0 fully saturated rings. The first kappa shape index (κ1) is 11.1. The standard InChI is InChI=1S/C12H15FN2O/c1-4-12(2,16-3)11-14-9-7-5-6-8(13)10(9)15-11/h5-7H,4H2,1-3H3,(H,14,15). The van der Waals surface area contributed by atoms with Crippen LogP contribution in [-0.4, -0.2) is 17.1 Å². The molecule has 1 aromatic carbocycles. The number of para-hydroxylation sites is 1. The molecular formula is C12H15FN2O. The Balaban J connectivity index is 2.59. The van der Waals surface area contributed by atoms with E-state index in [2.05, 4.69) is 9.97 Å². The van der Waals surface area contributed by atoms with Crippen LogP contribution in [0.1, 0.15) is 26.1 Å². The maximum absolute atomic E-state index is 13.5. The van der Waals surface area contributed by atoms with E-state index in [0.717, 1.165) is 6.42 Å². The van der Waals surface area contributed by atoms with E-state index in [1.165, 1.54) is 6.07 Å². The molecule has 1 aromatic heterocycles. The second kappa shape index (κ2) is 3.87. The molecule has 4 heteroatoms. The van der Waals surface area contributed by atoms with Gasteiger partial charge in [-0.05, 0) is 25.5 Å². The van der Waals surface area contributed by atoms with Gasteiger partial charge >= 0.3 is 0 Å². The number of nitrogens with zero attached hydrogens (tertiary/aromatic N) is 1. The normalized spacial score (nSPS) is 15.2. The van der Waals surface area contributed by atoms with Gasteiger partial charge in [-0.1, -0.05) is 13.0 Å². The zero-order valence-corrected chi connectivity index (χ0v) is 9.67. The fraction of sp³-hybridized carbons (Fsp3) is 0.417. The molecule has 1 unspecified atom stereocenters. The number of ether oxygens (including phenoxy) is 1. The molecule has 2 rings (SSSR count). The first-order valence-electron chi connectivity index (χ1n) is 5.30. The molecule has 0 spiro atoms. The lowest BCUT2D eigenvalue weighted by Crippen LogP contribution is -2.24. The van der Waals surface area contributed by atoms with E-state index in [9.17, 15) is 4.39 Å². The summed E-state index contributed by atoms with van der Waals surface area (Å²) in [4.78, 5) is 7.37. The first-order valence-corrected chi connectivity index (χ1v) is 5.30. The van der Waals surface area contributed by atoms with E-state index in [1.807, 2.05) is 13.8 Å². The Hall–Kier alpha value is -1.42. The Labute approximate surface area is 93.6 Å². The fourth-order valence-corrected chi connectivity index (χ4v) is 1.66. The van der Waals surface area contributed by atoms with E-state index in [0.29, 0.717) is 16.9 Å². The van der Waals surface area contributed by atoms with E-state index in [4.69, 9.17) is 4.74 Å². The summed E-state index contributed by atoms with van der Waals surface area (Å²) in [6.45, 7) is 3.94. The van der Waals surface area contributed by atoms with Crippen molar-refractivity contribution in [2.75, 3.05) is 7.11 Å². The molecule has 3 nitrogen and oxygen atoms in total. The highest BCUT2D eigenvalue weighted by molar-refractivity contribution is 5.75. The molecule has 0 bridgehead atoms. The molecule has 0 aliphatic carbocycles. The number of rotatable bonds is 3. The van der Waals surface area contributed by atoms with Gasteiger partial charge in [-0.15, -0.1) is 0 Å². The van der Waals surface area contributed by atoms with Crippen molar-refractivity contribution in [2.45, 2.75) is 25.9 Å². The Kier molecular flexibility index (Phi) is 2.68. The molecule has 1 heterocycles. The molecule has 1 N–H and O–H groups in total. The number of aromatic amines is 1. The van der Waals surface area contributed by atoms with Gasteiger partial charge in [-0.3, -0.25) is 0 Å².